The maximum absolute atomic E-state index is 12.1. The van der Waals surface area contributed by atoms with E-state index in [1.54, 1.807) is 29.5 Å². The second kappa shape index (κ2) is 5.63. The molecule has 0 unspecified atom stereocenters. The Morgan fingerprint density at radius 1 is 1.29 bits per heavy atom. The van der Waals surface area contributed by atoms with Gasteiger partial charge in [0.1, 0.15) is 0 Å². The molecule has 0 saturated carbocycles. The highest BCUT2D eigenvalue weighted by Crippen LogP contribution is 2.11. The normalized spacial score (nSPS) is 10.7. The lowest BCUT2D eigenvalue weighted by Crippen LogP contribution is -2.22. The van der Waals surface area contributed by atoms with Gasteiger partial charge in [0.2, 0.25) is 0 Å². The highest BCUT2D eigenvalue weighted by molar-refractivity contribution is 7.71. The topological polar surface area (TPSA) is 77.8 Å². The molecule has 2 aromatic heterocycles. The standard InChI is InChI=1S/C14H11N3O2S2/c18-12(15-6-8-3-4-21-7-8)9-1-2-10-11(5-9)16-14(20)17-13(10)19/h1-5,7H,6H2,(H,15,18)(H2,16,17,19,20). The van der Waals surface area contributed by atoms with E-state index in [0.717, 1.165) is 5.56 Å². The van der Waals surface area contributed by atoms with Gasteiger partial charge >= 0.3 is 0 Å². The van der Waals surface area contributed by atoms with Crippen LogP contribution in [0.5, 0.6) is 0 Å². The van der Waals surface area contributed by atoms with E-state index >= 15 is 0 Å². The predicted octanol–water partition coefficient (Wildman–Crippen LogP) is 2.58. The van der Waals surface area contributed by atoms with E-state index in [-0.39, 0.29) is 16.2 Å². The fraction of sp³-hybridized carbons (Fsp3) is 0.0714. The molecule has 0 fully saturated rings. The number of hydrogen-bond donors (Lipinski definition) is 3. The molecular formula is C14H11N3O2S2. The summed E-state index contributed by atoms with van der Waals surface area (Å²) < 4.78 is 0.239. The third kappa shape index (κ3) is 2.93. The van der Waals surface area contributed by atoms with Crippen LogP contribution in [0.25, 0.3) is 10.9 Å². The number of amides is 1. The summed E-state index contributed by atoms with van der Waals surface area (Å²) in [6, 6.07) is 6.82. The minimum Gasteiger partial charge on any atom is -0.348 e. The molecule has 0 radical (unpaired) electrons. The number of nitrogens with one attached hydrogen (secondary N) is 3. The summed E-state index contributed by atoms with van der Waals surface area (Å²) in [4.78, 5) is 29.2. The van der Waals surface area contributed by atoms with Crippen LogP contribution in [-0.2, 0) is 6.54 Å². The van der Waals surface area contributed by atoms with Crippen molar-refractivity contribution < 1.29 is 4.79 Å². The lowest BCUT2D eigenvalue weighted by molar-refractivity contribution is 0.0951. The third-order valence-electron chi connectivity index (χ3n) is 3.03. The summed E-state index contributed by atoms with van der Waals surface area (Å²) in [5, 5.41) is 7.25. The van der Waals surface area contributed by atoms with Crippen LogP contribution in [0.3, 0.4) is 0 Å². The van der Waals surface area contributed by atoms with Crippen molar-refractivity contribution in [1.29, 1.82) is 0 Å². The van der Waals surface area contributed by atoms with Gasteiger partial charge < -0.3 is 10.3 Å². The van der Waals surface area contributed by atoms with Gasteiger partial charge in [-0.25, -0.2) is 0 Å². The van der Waals surface area contributed by atoms with E-state index in [0.29, 0.717) is 23.0 Å². The second-order valence-corrected chi connectivity index (χ2v) is 5.67. The van der Waals surface area contributed by atoms with Crippen LogP contribution in [0, 0.1) is 4.77 Å². The van der Waals surface area contributed by atoms with Crippen molar-refractivity contribution in [2.24, 2.45) is 0 Å². The molecule has 3 N–H and O–H groups in total. The summed E-state index contributed by atoms with van der Waals surface area (Å²) >= 11 is 6.52. The lowest BCUT2D eigenvalue weighted by atomic mass is 10.1. The van der Waals surface area contributed by atoms with Crippen LogP contribution < -0.4 is 10.9 Å². The Balaban J connectivity index is 1.88. The minimum absolute atomic E-state index is 0.192. The zero-order chi connectivity index (χ0) is 14.8. The quantitative estimate of drug-likeness (QED) is 0.650. The molecule has 0 saturated heterocycles. The maximum atomic E-state index is 12.1. The van der Waals surface area contributed by atoms with Crippen LogP contribution in [0.4, 0.5) is 0 Å². The number of thiophene rings is 1. The van der Waals surface area contributed by atoms with Gasteiger partial charge in [-0.3, -0.25) is 14.6 Å². The van der Waals surface area contributed by atoms with E-state index in [4.69, 9.17) is 12.2 Å². The monoisotopic (exact) mass is 317 g/mol. The van der Waals surface area contributed by atoms with Crippen LogP contribution in [0.15, 0.2) is 39.8 Å². The summed E-state index contributed by atoms with van der Waals surface area (Å²) in [6.45, 7) is 0.478. The number of carbonyl (C=O) groups excluding carboxylic acids is 1. The van der Waals surface area contributed by atoms with E-state index < -0.39 is 0 Å². The van der Waals surface area contributed by atoms with Gasteiger partial charge in [0, 0.05) is 12.1 Å². The predicted molar refractivity (Wildman–Crippen MR) is 85.2 cm³/mol. The van der Waals surface area contributed by atoms with E-state index in [2.05, 4.69) is 15.3 Å². The van der Waals surface area contributed by atoms with Crippen LogP contribution in [0.2, 0.25) is 0 Å². The molecule has 0 aliphatic heterocycles. The molecule has 0 aliphatic carbocycles. The fourth-order valence-corrected chi connectivity index (χ4v) is 2.86. The lowest BCUT2D eigenvalue weighted by Gasteiger charge is -2.05. The number of H-pyrrole nitrogens is 2. The first-order valence-corrected chi connectivity index (χ1v) is 7.54. The van der Waals surface area contributed by atoms with Gasteiger partial charge in [-0.15, -0.1) is 0 Å². The zero-order valence-electron chi connectivity index (χ0n) is 10.8. The molecular weight excluding hydrogens is 306 g/mol. The first kappa shape index (κ1) is 13.7. The first-order valence-electron chi connectivity index (χ1n) is 6.19. The van der Waals surface area contributed by atoms with Crippen molar-refractivity contribution in [3.05, 3.63) is 61.3 Å². The Morgan fingerprint density at radius 2 is 2.14 bits per heavy atom. The number of rotatable bonds is 3. The minimum atomic E-state index is -0.265. The molecule has 0 aliphatic rings. The second-order valence-electron chi connectivity index (χ2n) is 4.48. The van der Waals surface area contributed by atoms with Crippen LogP contribution in [0.1, 0.15) is 15.9 Å². The molecule has 1 amide bonds. The van der Waals surface area contributed by atoms with Crippen molar-refractivity contribution in [1.82, 2.24) is 15.3 Å². The number of carbonyl (C=O) groups is 1. The molecule has 1 aromatic carbocycles. The molecule has 0 spiro atoms. The molecule has 5 nitrogen and oxygen atoms in total. The molecule has 106 valence electrons. The largest absolute Gasteiger partial charge is 0.348 e. The number of benzene rings is 1. The van der Waals surface area contributed by atoms with Crippen molar-refractivity contribution in [3.8, 4) is 0 Å². The van der Waals surface area contributed by atoms with Gasteiger partial charge in [-0.05, 0) is 52.8 Å². The van der Waals surface area contributed by atoms with Crippen LogP contribution in [-0.4, -0.2) is 15.9 Å². The Morgan fingerprint density at radius 3 is 2.90 bits per heavy atom. The Kier molecular flexibility index (Phi) is 3.68. The number of fused-ring (bicyclic) bond motifs is 1. The molecule has 3 aromatic rings. The molecule has 0 atom stereocenters. The van der Waals surface area contributed by atoms with Crippen molar-refractivity contribution in [2.45, 2.75) is 6.54 Å². The van der Waals surface area contributed by atoms with Crippen molar-refractivity contribution in [3.63, 3.8) is 0 Å². The van der Waals surface area contributed by atoms with Gasteiger partial charge in [-0.2, -0.15) is 11.3 Å². The molecule has 21 heavy (non-hydrogen) atoms. The van der Waals surface area contributed by atoms with Gasteiger partial charge in [0.25, 0.3) is 11.5 Å². The highest BCUT2D eigenvalue weighted by atomic mass is 32.1. The number of aromatic amines is 2. The summed E-state index contributed by atoms with van der Waals surface area (Å²) in [5.74, 6) is -0.192. The third-order valence-corrected chi connectivity index (χ3v) is 3.97. The van der Waals surface area contributed by atoms with E-state index in [9.17, 15) is 9.59 Å². The molecule has 0 bridgehead atoms. The average Bonchev–Trinajstić information content (AvgIpc) is 2.97. The molecule has 3 rings (SSSR count). The highest BCUT2D eigenvalue weighted by Gasteiger charge is 2.08. The Hall–Kier alpha value is -2.25. The van der Waals surface area contributed by atoms with Crippen molar-refractivity contribution >= 4 is 40.4 Å². The number of hydrogen-bond acceptors (Lipinski definition) is 4. The van der Waals surface area contributed by atoms with Crippen molar-refractivity contribution in [2.75, 3.05) is 0 Å². The molecule has 2 heterocycles. The van der Waals surface area contributed by atoms with E-state index in [1.165, 1.54) is 0 Å². The smallest absolute Gasteiger partial charge is 0.259 e. The van der Waals surface area contributed by atoms with Gasteiger partial charge in [0.15, 0.2) is 4.77 Å². The summed E-state index contributed by atoms with van der Waals surface area (Å²) in [6.07, 6.45) is 0. The van der Waals surface area contributed by atoms with Crippen LogP contribution >= 0.6 is 23.6 Å². The summed E-state index contributed by atoms with van der Waals surface area (Å²) in [5.41, 5.74) is 1.82. The SMILES string of the molecule is O=C(NCc1ccsc1)c1ccc2c(=O)[nH]c(=S)[nH]c2c1. The fourth-order valence-electron chi connectivity index (χ4n) is 1.99. The Labute approximate surface area is 128 Å². The maximum Gasteiger partial charge on any atom is 0.259 e. The number of aromatic nitrogens is 2. The molecule has 7 heteroatoms. The van der Waals surface area contributed by atoms with E-state index in [1.807, 2.05) is 16.8 Å². The Bertz CT molecular complexity index is 910. The van der Waals surface area contributed by atoms with Gasteiger partial charge in [-0.1, -0.05) is 0 Å². The average molecular weight is 317 g/mol. The zero-order valence-corrected chi connectivity index (χ0v) is 12.4. The van der Waals surface area contributed by atoms with Gasteiger partial charge in [0.05, 0.1) is 10.9 Å². The first-order chi connectivity index (χ1) is 10.1. The summed E-state index contributed by atoms with van der Waals surface area (Å²) in [7, 11) is 0.